The van der Waals surface area contributed by atoms with Gasteiger partial charge in [-0.05, 0) is 80.7 Å². The van der Waals surface area contributed by atoms with Crippen LogP contribution in [-0.4, -0.2) is 19.6 Å². The largest absolute Gasteiger partial charge is 0.386 e. The van der Waals surface area contributed by atoms with Gasteiger partial charge in [-0.25, -0.2) is 22.3 Å². The van der Waals surface area contributed by atoms with Crippen molar-refractivity contribution in [2.45, 2.75) is 62.2 Å². The number of aliphatic hydroxyl groups is 1. The highest BCUT2D eigenvalue weighted by atomic mass is 35.5. The Labute approximate surface area is 183 Å². The van der Waals surface area contributed by atoms with Gasteiger partial charge in [0, 0.05) is 11.3 Å². The molecule has 3 N–H and O–H groups in total. The molecule has 0 atom stereocenters. The fourth-order valence-electron chi connectivity index (χ4n) is 4.25. The molecular weight excluding hydrogens is 451 g/mol. The number of hydrogen-bond donors (Lipinski definition) is 3. The summed E-state index contributed by atoms with van der Waals surface area (Å²) in [5.74, 6) is -0.166. The summed E-state index contributed by atoms with van der Waals surface area (Å²) in [6, 6.07) is 0.356. The number of carbonyl (C=O) groups excluding carboxylic acids is 1. The van der Waals surface area contributed by atoms with Crippen LogP contribution in [0.1, 0.15) is 54.5 Å². The molecule has 1 heterocycles. The van der Waals surface area contributed by atoms with E-state index < -0.39 is 21.7 Å². The van der Waals surface area contributed by atoms with Gasteiger partial charge in [-0.15, -0.1) is 11.3 Å². The molecule has 1 aromatic carbocycles. The fraction of sp³-hybridized carbons (Fsp3) is 0.450. The zero-order valence-corrected chi connectivity index (χ0v) is 19.0. The number of anilines is 1. The van der Waals surface area contributed by atoms with Crippen LogP contribution in [0.4, 0.5) is 14.9 Å². The Balaban J connectivity index is 1.61. The number of sulfonamides is 1. The van der Waals surface area contributed by atoms with E-state index in [1.807, 2.05) is 4.72 Å². The van der Waals surface area contributed by atoms with Gasteiger partial charge in [0.2, 0.25) is 0 Å². The van der Waals surface area contributed by atoms with Gasteiger partial charge in [-0.2, -0.15) is 0 Å². The second-order valence-electron chi connectivity index (χ2n) is 8.18. The lowest BCUT2D eigenvalue weighted by Gasteiger charge is -2.17. The fourth-order valence-corrected chi connectivity index (χ4v) is 7.17. The van der Waals surface area contributed by atoms with Crippen molar-refractivity contribution in [3.8, 4) is 0 Å². The number of halogens is 2. The average molecular weight is 473 g/mol. The highest BCUT2D eigenvalue weighted by Crippen LogP contribution is 2.41. The molecule has 2 amide bonds. The smallest absolute Gasteiger partial charge is 0.333 e. The van der Waals surface area contributed by atoms with Gasteiger partial charge >= 0.3 is 6.03 Å². The lowest BCUT2D eigenvalue weighted by molar-refractivity contribution is 0.0790. The lowest BCUT2D eigenvalue weighted by Crippen LogP contribution is -2.34. The maximum Gasteiger partial charge on any atom is 0.333 e. The highest BCUT2D eigenvalue weighted by molar-refractivity contribution is 7.92. The zero-order valence-electron chi connectivity index (χ0n) is 16.6. The first kappa shape index (κ1) is 21.5. The minimum absolute atomic E-state index is 0.137. The standard InChI is InChI=1S/C20H22ClFN2O4S2/c1-20(2,26)14-9-15(29-18(14)21)30(27,28)24-19(25)23-17-12-7-3-5-10(12)16(22)11-6-4-8-13(11)17/h9,26H,3-8H2,1-2H3,(H2,23,24,25). The van der Waals surface area contributed by atoms with E-state index in [9.17, 15) is 22.7 Å². The molecule has 1 aromatic heterocycles. The van der Waals surface area contributed by atoms with Crippen molar-refractivity contribution < 1.29 is 22.7 Å². The van der Waals surface area contributed by atoms with Crippen LogP contribution < -0.4 is 10.0 Å². The molecule has 0 spiro atoms. The number of nitrogens with one attached hydrogen (secondary N) is 2. The summed E-state index contributed by atoms with van der Waals surface area (Å²) in [5, 5.41) is 12.8. The SMILES string of the molecule is CC(C)(O)c1cc(S(=O)(=O)NC(=O)Nc2c3c(c(F)c4c2CCC4)CCC3)sc1Cl. The molecule has 2 aliphatic rings. The minimum atomic E-state index is -4.19. The Morgan fingerprint density at radius 2 is 1.67 bits per heavy atom. The maximum absolute atomic E-state index is 14.8. The van der Waals surface area contributed by atoms with Gasteiger partial charge in [-0.1, -0.05) is 11.6 Å². The number of carbonyl (C=O) groups is 1. The van der Waals surface area contributed by atoms with Gasteiger partial charge in [0.1, 0.15) is 14.4 Å². The number of benzene rings is 1. The Morgan fingerprint density at radius 1 is 1.13 bits per heavy atom. The molecule has 10 heteroatoms. The third-order valence-electron chi connectivity index (χ3n) is 5.62. The van der Waals surface area contributed by atoms with E-state index in [1.54, 1.807) is 0 Å². The molecule has 162 valence electrons. The average Bonchev–Trinajstić information content (AvgIpc) is 3.36. The summed E-state index contributed by atoms with van der Waals surface area (Å²) in [7, 11) is -4.19. The molecule has 2 aromatic rings. The Bertz CT molecular complexity index is 1120. The van der Waals surface area contributed by atoms with Gasteiger partial charge < -0.3 is 10.4 Å². The monoisotopic (exact) mass is 472 g/mol. The van der Waals surface area contributed by atoms with Crippen molar-refractivity contribution in [3.63, 3.8) is 0 Å². The summed E-state index contributed by atoms with van der Waals surface area (Å²) in [4.78, 5) is 12.6. The van der Waals surface area contributed by atoms with E-state index >= 15 is 0 Å². The summed E-state index contributed by atoms with van der Waals surface area (Å²) >= 11 is 6.84. The molecule has 30 heavy (non-hydrogen) atoms. The summed E-state index contributed by atoms with van der Waals surface area (Å²) in [6.07, 6.45) is 4.15. The quantitative estimate of drug-likeness (QED) is 0.619. The van der Waals surface area contributed by atoms with Crippen LogP contribution in [0.5, 0.6) is 0 Å². The van der Waals surface area contributed by atoms with E-state index in [1.165, 1.54) is 19.9 Å². The van der Waals surface area contributed by atoms with Crippen molar-refractivity contribution in [1.82, 2.24) is 4.72 Å². The van der Waals surface area contributed by atoms with Crippen molar-refractivity contribution in [3.05, 3.63) is 44.0 Å². The second kappa shape index (κ2) is 7.47. The number of hydrogen-bond acceptors (Lipinski definition) is 5. The molecule has 0 radical (unpaired) electrons. The Hall–Kier alpha value is -1.68. The third-order valence-corrected chi connectivity index (χ3v) is 8.79. The normalized spacial score (nSPS) is 15.8. The first-order chi connectivity index (χ1) is 14.0. The molecular formula is C20H22ClFN2O4S2. The molecule has 6 nitrogen and oxygen atoms in total. The molecule has 2 aliphatic carbocycles. The lowest BCUT2D eigenvalue weighted by atomic mass is 9.98. The van der Waals surface area contributed by atoms with E-state index in [-0.39, 0.29) is 19.9 Å². The van der Waals surface area contributed by atoms with Crippen LogP contribution in [-0.2, 0) is 41.3 Å². The predicted octanol–water partition coefficient (Wildman–Crippen LogP) is 4.26. The molecule has 0 bridgehead atoms. The van der Waals surface area contributed by atoms with Gasteiger partial charge in [0.05, 0.1) is 5.60 Å². The molecule has 0 aliphatic heterocycles. The number of amides is 2. The van der Waals surface area contributed by atoms with Crippen LogP contribution in [0.2, 0.25) is 4.34 Å². The van der Waals surface area contributed by atoms with Crippen molar-refractivity contribution in [2.75, 3.05) is 5.32 Å². The zero-order chi connectivity index (χ0) is 21.8. The van der Waals surface area contributed by atoms with E-state index in [2.05, 4.69) is 5.32 Å². The Kier molecular flexibility index (Phi) is 5.37. The molecule has 0 unspecified atom stereocenters. The van der Waals surface area contributed by atoms with Crippen LogP contribution in [0, 0.1) is 5.82 Å². The summed E-state index contributed by atoms with van der Waals surface area (Å²) in [6.45, 7) is 2.99. The van der Waals surface area contributed by atoms with Crippen molar-refractivity contribution in [1.29, 1.82) is 0 Å². The molecule has 4 rings (SSSR count). The summed E-state index contributed by atoms with van der Waals surface area (Å²) in [5.41, 5.74) is 2.30. The number of thiophene rings is 1. The first-order valence-corrected chi connectivity index (χ1v) is 12.4. The van der Waals surface area contributed by atoms with Gasteiger partial charge in [0.25, 0.3) is 10.0 Å². The number of urea groups is 1. The van der Waals surface area contributed by atoms with Crippen molar-refractivity contribution >= 4 is 44.7 Å². The van der Waals surface area contributed by atoms with E-state index in [4.69, 9.17) is 11.6 Å². The minimum Gasteiger partial charge on any atom is -0.386 e. The van der Waals surface area contributed by atoms with Gasteiger partial charge in [-0.3, -0.25) is 0 Å². The molecule has 0 saturated carbocycles. The topological polar surface area (TPSA) is 95.5 Å². The molecule has 0 saturated heterocycles. The van der Waals surface area contributed by atoms with Crippen LogP contribution in [0.25, 0.3) is 0 Å². The van der Waals surface area contributed by atoms with E-state index in [0.29, 0.717) is 42.5 Å². The number of rotatable bonds is 4. The van der Waals surface area contributed by atoms with Crippen molar-refractivity contribution in [2.24, 2.45) is 0 Å². The Morgan fingerprint density at radius 3 is 2.17 bits per heavy atom. The third kappa shape index (κ3) is 3.72. The van der Waals surface area contributed by atoms with Crippen LogP contribution in [0.3, 0.4) is 0 Å². The van der Waals surface area contributed by atoms with Crippen LogP contribution >= 0.6 is 22.9 Å². The number of fused-ring (bicyclic) bond motifs is 2. The molecule has 0 fully saturated rings. The van der Waals surface area contributed by atoms with E-state index in [0.717, 1.165) is 35.3 Å². The highest BCUT2D eigenvalue weighted by Gasteiger charge is 2.31. The van der Waals surface area contributed by atoms with Gasteiger partial charge in [0.15, 0.2) is 0 Å². The first-order valence-electron chi connectivity index (χ1n) is 9.70. The second-order valence-corrected chi connectivity index (χ2v) is 11.7. The predicted molar refractivity (Wildman–Crippen MR) is 114 cm³/mol. The van der Waals surface area contributed by atoms with Crippen LogP contribution in [0.15, 0.2) is 10.3 Å². The summed E-state index contributed by atoms with van der Waals surface area (Å²) < 4.78 is 42.1. The maximum atomic E-state index is 14.8.